The summed E-state index contributed by atoms with van der Waals surface area (Å²) in [5.74, 6) is 2.50. The third kappa shape index (κ3) is 11.7. The first-order valence-electron chi connectivity index (χ1n) is 29.4. The number of hydrogen-bond donors (Lipinski definition) is 0. The minimum Gasteiger partial charge on any atom is -0.340 e. The van der Waals surface area contributed by atoms with Crippen molar-refractivity contribution in [3.8, 4) is 11.5 Å². The molecule has 2 aromatic rings. The molecule has 6 heteroatoms. The van der Waals surface area contributed by atoms with Gasteiger partial charge in [0.15, 0.2) is 23.9 Å². The lowest BCUT2D eigenvalue weighted by atomic mass is 9.69. The second kappa shape index (κ2) is 23.0. The monoisotopic (exact) mass is 953 g/mol. The number of hydrogen-bond acceptors (Lipinski definition) is 2. The number of rotatable bonds is 27. The molecule has 3 atom stereocenters. The Hall–Kier alpha value is -2.70. The van der Waals surface area contributed by atoms with Gasteiger partial charge in [0.05, 0.1) is 63.5 Å². The zero-order valence-corrected chi connectivity index (χ0v) is 47.9. The summed E-state index contributed by atoms with van der Waals surface area (Å²) in [6, 6.07) is 8.87. The molecule has 1 unspecified atom stereocenters. The smallest absolute Gasteiger partial charge is 0.340 e. The number of nitrogens with zero attached hydrogens (tertiary/aromatic N) is 4. The molecule has 3 heterocycles. The number of aryl methyl sites for hydroxylation is 1. The minimum absolute atomic E-state index is 0.0157. The van der Waals surface area contributed by atoms with Crippen LogP contribution in [-0.2, 0) is 10.8 Å². The average molecular weight is 954 g/mol. The van der Waals surface area contributed by atoms with Gasteiger partial charge < -0.3 is 18.4 Å². The summed E-state index contributed by atoms with van der Waals surface area (Å²) in [7, 11) is 0. The van der Waals surface area contributed by atoms with Crippen molar-refractivity contribution in [2.45, 2.75) is 266 Å². The zero-order chi connectivity index (χ0) is 50.3. The molecular weight excluding hydrogens is 845 g/mol. The molecule has 388 valence electrons. The highest BCUT2D eigenvalue weighted by Crippen LogP contribution is 2.56. The lowest BCUT2D eigenvalue weighted by molar-refractivity contribution is -0.929. The number of unbranched alkanes of at least 4 members (excludes halogenated alkanes) is 6. The fourth-order valence-electron chi connectivity index (χ4n) is 13.5. The third-order valence-corrected chi connectivity index (χ3v) is 18.3. The van der Waals surface area contributed by atoms with Gasteiger partial charge in [-0.25, -0.2) is 0 Å². The van der Waals surface area contributed by atoms with Crippen LogP contribution >= 0.6 is 0 Å². The van der Waals surface area contributed by atoms with Crippen LogP contribution in [0.25, 0.3) is 0 Å². The number of fused-ring (bicyclic) bond motifs is 5. The minimum atomic E-state index is -1.10. The summed E-state index contributed by atoms with van der Waals surface area (Å²) < 4.78 is 23.2. The van der Waals surface area contributed by atoms with E-state index < -0.39 is 6.03 Å². The van der Waals surface area contributed by atoms with E-state index in [1.807, 2.05) is 0 Å². The normalized spacial score (nSPS) is 22.3. The van der Waals surface area contributed by atoms with Gasteiger partial charge in [-0.1, -0.05) is 143 Å². The Morgan fingerprint density at radius 2 is 0.913 bits per heavy atom. The Morgan fingerprint density at radius 1 is 0.522 bits per heavy atom. The van der Waals surface area contributed by atoms with E-state index in [1.54, 1.807) is 0 Å². The first-order valence-corrected chi connectivity index (χ1v) is 29.4. The van der Waals surface area contributed by atoms with Gasteiger partial charge in [-0.2, -0.15) is 0 Å². The van der Waals surface area contributed by atoms with Crippen molar-refractivity contribution in [3.63, 3.8) is 0 Å². The van der Waals surface area contributed by atoms with Crippen molar-refractivity contribution < 1.29 is 27.6 Å². The van der Waals surface area contributed by atoms with E-state index in [0.717, 1.165) is 24.3 Å². The standard InChI is InChI=1S/C63H108N4O2/c1-16-22-36-66(37-23-17-2,38-24-18-3)42-30-32-51(33-31-43-67(39-25-19-4,40-26-20-5)41-27-21-6)52-44-50(7)57-53(45-52)48-64-61(14)34-28-29-35-62(61,15)65-49-54-46-55(59(8,9)10)47-56(60(11,12)13)58(54)69-63(64,65)68-57/h44-49,51H,16-43H2,1-15H3/q+4/t61-,62-,63?/m0/s1. The molecule has 0 amide bonds. The third-order valence-electron chi connectivity index (χ3n) is 18.3. The summed E-state index contributed by atoms with van der Waals surface area (Å²) in [6.07, 6.45) is 30.6. The number of benzene rings is 2. The maximum absolute atomic E-state index is 7.70. The number of quaternary nitrogens is 2. The van der Waals surface area contributed by atoms with Gasteiger partial charge in [-0.05, 0) is 130 Å². The van der Waals surface area contributed by atoms with E-state index >= 15 is 0 Å². The van der Waals surface area contributed by atoms with Crippen LogP contribution in [0, 0.1) is 6.92 Å². The van der Waals surface area contributed by atoms with E-state index in [0.29, 0.717) is 5.92 Å². The van der Waals surface area contributed by atoms with Gasteiger partial charge in [-0.15, -0.1) is 0 Å². The lowest BCUT2D eigenvalue weighted by Gasteiger charge is -2.40. The second-order valence-electron chi connectivity index (χ2n) is 25.8. The maximum atomic E-state index is 7.70. The molecule has 2 aromatic carbocycles. The molecule has 0 N–H and O–H groups in total. The average Bonchev–Trinajstić information content (AvgIpc) is 3.48. The van der Waals surface area contributed by atoms with Gasteiger partial charge in [0.25, 0.3) is 0 Å². The van der Waals surface area contributed by atoms with Crippen LogP contribution in [0.3, 0.4) is 0 Å². The first kappa shape index (κ1) is 55.6. The maximum Gasteiger partial charge on any atom is 0.705 e. The highest BCUT2D eigenvalue weighted by Gasteiger charge is 2.86. The molecule has 4 aliphatic rings. The molecule has 0 radical (unpaired) electrons. The highest BCUT2D eigenvalue weighted by molar-refractivity contribution is 5.85. The summed E-state index contributed by atoms with van der Waals surface area (Å²) >= 11 is 0. The van der Waals surface area contributed by atoms with E-state index in [4.69, 9.17) is 9.47 Å². The Balaban J connectivity index is 1.44. The summed E-state index contributed by atoms with van der Waals surface area (Å²) in [5, 5.41) is 0. The molecule has 2 fully saturated rings. The Bertz CT molecular complexity index is 1990. The molecule has 1 aliphatic carbocycles. The van der Waals surface area contributed by atoms with Crippen molar-refractivity contribution in [1.82, 2.24) is 0 Å². The Kier molecular flexibility index (Phi) is 18.6. The predicted octanol–water partition coefficient (Wildman–Crippen LogP) is 15.7. The Labute approximate surface area is 425 Å². The number of ether oxygens (including phenoxy) is 2. The van der Waals surface area contributed by atoms with E-state index in [1.165, 1.54) is 210 Å². The van der Waals surface area contributed by atoms with E-state index in [9.17, 15) is 0 Å². The first-order chi connectivity index (χ1) is 32.7. The molecule has 1 saturated heterocycles. The fraction of sp³-hybridized carbons (Fsp3) is 0.778. The molecule has 0 bridgehead atoms. The summed E-state index contributed by atoms with van der Waals surface area (Å²) in [6.45, 7) is 46.5. The molecule has 3 aliphatic heterocycles. The van der Waals surface area contributed by atoms with Gasteiger partial charge in [-0.3, -0.25) is 0 Å². The van der Waals surface area contributed by atoms with Crippen molar-refractivity contribution in [2.75, 3.05) is 52.4 Å². The fourth-order valence-corrected chi connectivity index (χ4v) is 13.5. The zero-order valence-electron chi connectivity index (χ0n) is 47.9. The van der Waals surface area contributed by atoms with Gasteiger partial charge in [0, 0.05) is 32.3 Å². The molecule has 1 spiro atoms. The van der Waals surface area contributed by atoms with Crippen LogP contribution in [0.5, 0.6) is 11.5 Å². The van der Waals surface area contributed by atoms with Crippen molar-refractivity contribution in [1.29, 1.82) is 0 Å². The van der Waals surface area contributed by atoms with Crippen LogP contribution < -0.4 is 9.47 Å². The topological polar surface area (TPSA) is 24.5 Å². The van der Waals surface area contributed by atoms with Gasteiger partial charge in [0.2, 0.25) is 11.1 Å². The van der Waals surface area contributed by atoms with Crippen LogP contribution in [0.1, 0.15) is 265 Å². The molecule has 0 aromatic heterocycles. The van der Waals surface area contributed by atoms with Crippen molar-refractivity contribution in [3.05, 3.63) is 57.6 Å². The summed E-state index contributed by atoms with van der Waals surface area (Å²) in [4.78, 5) is 0. The predicted molar refractivity (Wildman–Crippen MR) is 295 cm³/mol. The van der Waals surface area contributed by atoms with Crippen LogP contribution in [0.4, 0.5) is 0 Å². The lowest BCUT2D eigenvalue weighted by Crippen LogP contribution is -2.61. The van der Waals surface area contributed by atoms with Crippen molar-refractivity contribution in [2.24, 2.45) is 0 Å². The van der Waals surface area contributed by atoms with E-state index in [-0.39, 0.29) is 21.9 Å². The van der Waals surface area contributed by atoms with Gasteiger partial charge >= 0.3 is 6.03 Å². The largest absolute Gasteiger partial charge is 0.705 e. The van der Waals surface area contributed by atoms with Crippen LogP contribution in [0.15, 0.2) is 24.3 Å². The molecule has 1 saturated carbocycles. The molecule has 69 heavy (non-hydrogen) atoms. The van der Waals surface area contributed by atoms with E-state index in [2.05, 4.69) is 150 Å². The summed E-state index contributed by atoms with van der Waals surface area (Å²) in [5.41, 5.74) is 7.34. The quantitative estimate of drug-likeness (QED) is 0.0658. The highest BCUT2D eigenvalue weighted by atomic mass is 16.7. The van der Waals surface area contributed by atoms with Crippen molar-refractivity contribution >= 4 is 12.4 Å². The molecule has 6 nitrogen and oxygen atoms in total. The SMILES string of the molecule is CCCC[N+](CCCC)(CCCC)CCCC(CCC[N+](CCCC)(CCCC)CCCC)c1cc(C)c2c(c1)C=[N+]1C3(O2)Oc2c(cc(C(C)(C)C)cc2C(C)(C)C)C=[N+]3[C@@]2(C)CCCC[C@]12C. The van der Waals surface area contributed by atoms with Gasteiger partial charge in [0.1, 0.15) is 0 Å². The second-order valence-corrected chi connectivity index (χ2v) is 25.8. The van der Waals surface area contributed by atoms with Crippen LogP contribution in [-0.4, -0.2) is 100 Å². The molecule has 6 rings (SSSR count). The van der Waals surface area contributed by atoms with Crippen LogP contribution in [0.2, 0.25) is 0 Å². The Morgan fingerprint density at radius 3 is 1.30 bits per heavy atom. The molecular formula is C63H108N4O2+4.